The van der Waals surface area contributed by atoms with Crippen LogP contribution in [0.15, 0.2) is 24.3 Å². The quantitative estimate of drug-likeness (QED) is 0.757. The van der Waals surface area contributed by atoms with Crippen molar-refractivity contribution in [3.05, 3.63) is 35.4 Å². The van der Waals surface area contributed by atoms with Crippen molar-refractivity contribution in [3.63, 3.8) is 0 Å². The molecule has 1 aromatic carbocycles. The molecule has 1 rings (SSSR count). The molecule has 14 heavy (non-hydrogen) atoms. The van der Waals surface area contributed by atoms with Crippen molar-refractivity contribution >= 4 is 0 Å². The molecule has 1 nitrogen and oxygen atoms in total. The van der Waals surface area contributed by atoms with E-state index in [0.29, 0.717) is 0 Å². The van der Waals surface area contributed by atoms with Gasteiger partial charge in [0.15, 0.2) is 0 Å². The molecule has 1 atom stereocenters. The van der Waals surface area contributed by atoms with Gasteiger partial charge in [-0.25, -0.2) is 0 Å². The van der Waals surface area contributed by atoms with Crippen LogP contribution in [0, 0.1) is 0 Å². The number of benzene rings is 1. The molecule has 0 spiro atoms. The third-order valence-electron chi connectivity index (χ3n) is 2.50. The lowest BCUT2D eigenvalue weighted by Gasteiger charge is -2.14. The first-order chi connectivity index (χ1) is 6.79. The number of aliphatic hydroxyl groups is 1. The van der Waals surface area contributed by atoms with Crippen LogP contribution in [-0.4, -0.2) is 5.11 Å². The SMILES string of the molecule is CCCc1ccccc1C(O)CCC. The summed E-state index contributed by atoms with van der Waals surface area (Å²) in [6.07, 6.45) is 3.82. The molecule has 0 saturated carbocycles. The maximum atomic E-state index is 9.93. The van der Waals surface area contributed by atoms with Crippen LogP contribution < -0.4 is 0 Å². The molecular formula is C13H20O. The Labute approximate surface area is 86.8 Å². The molecule has 0 aliphatic heterocycles. The highest BCUT2D eigenvalue weighted by Gasteiger charge is 2.09. The lowest BCUT2D eigenvalue weighted by atomic mass is 9.97. The number of aliphatic hydroxyl groups excluding tert-OH is 1. The zero-order valence-corrected chi connectivity index (χ0v) is 9.16. The summed E-state index contributed by atoms with van der Waals surface area (Å²) < 4.78 is 0. The lowest BCUT2D eigenvalue weighted by molar-refractivity contribution is 0.165. The van der Waals surface area contributed by atoms with Crippen LogP contribution in [0.4, 0.5) is 0 Å². The smallest absolute Gasteiger partial charge is 0.0792 e. The van der Waals surface area contributed by atoms with Gasteiger partial charge in [-0.3, -0.25) is 0 Å². The average molecular weight is 192 g/mol. The van der Waals surface area contributed by atoms with Crippen LogP contribution in [0.1, 0.15) is 50.3 Å². The molecule has 1 unspecified atom stereocenters. The number of aryl methyl sites for hydroxylation is 1. The zero-order valence-electron chi connectivity index (χ0n) is 9.16. The Bertz CT molecular complexity index is 268. The third-order valence-corrected chi connectivity index (χ3v) is 2.50. The molecule has 0 bridgehead atoms. The van der Waals surface area contributed by atoms with Crippen molar-refractivity contribution in [1.29, 1.82) is 0 Å². The van der Waals surface area contributed by atoms with E-state index in [4.69, 9.17) is 0 Å². The van der Waals surface area contributed by atoms with Crippen molar-refractivity contribution in [3.8, 4) is 0 Å². The Morgan fingerprint density at radius 2 is 1.86 bits per heavy atom. The zero-order chi connectivity index (χ0) is 10.4. The van der Waals surface area contributed by atoms with Gasteiger partial charge in [-0.05, 0) is 24.0 Å². The Morgan fingerprint density at radius 3 is 2.50 bits per heavy atom. The minimum atomic E-state index is -0.275. The topological polar surface area (TPSA) is 20.2 Å². The second-order valence-corrected chi connectivity index (χ2v) is 3.75. The lowest BCUT2D eigenvalue weighted by Crippen LogP contribution is -2.01. The summed E-state index contributed by atoms with van der Waals surface area (Å²) in [6.45, 7) is 4.27. The largest absolute Gasteiger partial charge is 0.388 e. The van der Waals surface area contributed by atoms with Crippen molar-refractivity contribution in [2.24, 2.45) is 0 Å². The highest BCUT2D eigenvalue weighted by molar-refractivity contribution is 5.29. The van der Waals surface area contributed by atoms with Gasteiger partial charge < -0.3 is 5.11 Å². The molecule has 78 valence electrons. The summed E-state index contributed by atoms with van der Waals surface area (Å²) in [5, 5.41) is 9.93. The summed E-state index contributed by atoms with van der Waals surface area (Å²) in [5.41, 5.74) is 2.42. The van der Waals surface area contributed by atoms with Gasteiger partial charge in [-0.15, -0.1) is 0 Å². The number of hydrogen-bond acceptors (Lipinski definition) is 1. The van der Waals surface area contributed by atoms with E-state index in [0.717, 1.165) is 31.2 Å². The highest BCUT2D eigenvalue weighted by atomic mass is 16.3. The normalized spacial score (nSPS) is 12.8. The van der Waals surface area contributed by atoms with Gasteiger partial charge in [-0.2, -0.15) is 0 Å². The summed E-state index contributed by atoms with van der Waals surface area (Å²) in [7, 11) is 0. The average Bonchev–Trinajstić information content (AvgIpc) is 2.19. The van der Waals surface area contributed by atoms with E-state index in [1.165, 1.54) is 5.56 Å². The Hall–Kier alpha value is -0.820. The van der Waals surface area contributed by atoms with Crippen molar-refractivity contribution in [2.75, 3.05) is 0 Å². The molecule has 0 fully saturated rings. The van der Waals surface area contributed by atoms with E-state index in [1.807, 2.05) is 18.2 Å². The predicted octanol–water partition coefficient (Wildman–Crippen LogP) is 3.47. The van der Waals surface area contributed by atoms with E-state index in [9.17, 15) is 5.11 Å². The minimum Gasteiger partial charge on any atom is -0.388 e. The van der Waals surface area contributed by atoms with E-state index < -0.39 is 0 Å². The van der Waals surface area contributed by atoms with E-state index in [-0.39, 0.29) is 6.10 Å². The molecular weight excluding hydrogens is 172 g/mol. The van der Waals surface area contributed by atoms with Gasteiger partial charge in [0, 0.05) is 0 Å². The van der Waals surface area contributed by atoms with Crippen LogP contribution in [0.3, 0.4) is 0 Å². The maximum absolute atomic E-state index is 9.93. The van der Waals surface area contributed by atoms with Crippen LogP contribution in [0.2, 0.25) is 0 Å². The van der Waals surface area contributed by atoms with E-state index in [2.05, 4.69) is 19.9 Å². The fraction of sp³-hybridized carbons (Fsp3) is 0.538. The Balaban J connectivity index is 2.82. The first kappa shape index (κ1) is 11.3. The van der Waals surface area contributed by atoms with Gasteiger partial charge in [-0.1, -0.05) is 51.0 Å². The van der Waals surface area contributed by atoms with Gasteiger partial charge in [0.05, 0.1) is 6.10 Å². The van der Waals surface area contributed by atoms with E-state index >= 15 is 0 Å². The molecule has 0 saturated heterocycles. The second-order valence-electron chi connectivity index (χ2n) is 3.75. The number of rotatable bonds is 5. The molecule has 1 N–H and O–H groups in total. The highest BCUT2D eigenvalue weighted by Crippen LogP contribution is 2.22. The maximum Gasteiger partial charge on any atom is 0.0792 e. The van der Waals surface area contributed by atoms with Gasteiger partial charge in [0.2, 0.25) is 0 Å². The summed E-state index contributed by atoms with van der Waals surface area (Å²) >= 11 is 0. The van der Waals surface area contributed by atoms with Crippen molar-refractivity contribution in [1.82, 2.24) is 0 Å². The Kier molecular flexibility index (Phi) is 4.68. The molecule has 0 aromatic heterocycles. The summed E-state index contributed by atoms with van der Waals surface area (Å²) in [4.78, 5) is 0. The van der Waals surface area contributed by atoms with Crippen molar-refractivity contribution < 1.29 is 5.11 Å². The van der Waals surface area contributed by atoms with E-state index in [1.54, 1.807) is 0 Å². The van der Waals surface area contributed by atoms with Crippen LogP contribution in [0.5, 0.6) is 0 Å². The fourth-order valence-corrected chi connectivity index (χ4v) is 1.79. The summed E-state index contributed by atoms with van der Waals surface area (Å²) in [5.74, 6) is 0. The third kappa shape index (κ3) is 2.85. The standard InChI is InChI=1S/C13H20O/c1-3-7-11-9-5-6-10-12(11)13(14)8-4-2/h5-6,9-10,13-14H,3-4,7-8H2,1-2H3. The van der Waals surface area contributed by atoms with Gasteiger partial charge in [0.25, 0.3) is 0 Å². The summed E-state index contributed by atoms with van der Waals surface area (Å²) in [6, 6.07) is 8.23. The number of hydrogen-bond donors (Lipinski definition) is 1. The van der Waals surface area contributed by atoms with Crippen LogP contribution >= 0.6 is 0 Å². The Morgan fingerprint density at radius 1 is 1.14 bits per heavy atom. The fourth-order valence-electron chi connectivity index (χ4n) is 1.79. The first-order valence-electron chi connectivity index (χ1n) is 5.55. The molecule has 0 radical (unpaired) electrons. The monoisotopic (exact) mass is 192 g/mol. The molecule has 0 amide bonds. The van der Waals surface area contributed by atoms with Crippen LogP contribution in [-0.2, 0) is 6.42 Å². The molecule has 1 heteroatoms. The molecule has 1 aromatic rings. The van der Waals surface area contributed by atoms with Gasteiger partial charge in [0.1, 0.15) is 0 Å². The minimum absolute atomic E-state index is 0.275. The predicted molar refractivity (Wildman–Crippen MR) is 60.3 cm³/mol. The molecule has 0 aliphatic carbocycles. The van der Waals surface area contributed by atoms with Gasteiger partial charge >= 0.3 is 0 Å². The first-order valence-corrected chi connectivity index (χ1v) is 5.55. The molecule has 0 heterocycles. The van der Waals surface area contributed by atoms with Crippen LogP contribution in [0.25, 0.3) is 0 Å². The second kappa shape index (κ2) is 5.82. The molecule has 0 aliphatic rings. The van der Waals surface area contributed by atoms with Crippen molar-refractivity contribution in [2.45, 2.75) is 45.6 Å².